The van der Waals surface area contributed by atoms with Gasteiger partial charge in [-0.25, -0.2) is 4.39 Å². The molecule has 0 bridgehead atoms. The zero-order valence-corrected chi connectivity index (χ0v) is 12.7. The summed E-state index contributed by atoms with van der Waals surface area (Å²) in [5.74, 6) is 0.624. The van der Waals surface area contributed by atoms with E-state index in [1.807, 2.05) is 24.3 Å². The number of benzene rings is 2. The molecule has 2 aromatic carbocycles. The van der Waals surface area contributed by atoms with Gasteiger partial charge in [-0.05, 0) is 23.1 Å². The Hall–Kier alpha value is -2.23. The summed E-state index contributed by atoms with van der Waals surface area (Å²) in [6.07, 6.45) is 0. The van der Waals surface area contributed by atoms with E-state index in [-0.39, 0.29) is 16.9 Å². The van der Waals surface area contributed by atoms with E-state index in [1.54, 1.807) is 0 Å². The summed E-state index contributed by atoms with van der Waals surface area (Å²) in [6.45, 7) is 6.38. The summed E-state index contributed by atoms with van der Waals surface area (Å²) in [6, 6.07) is 10.4. The van der Waals surface area contributed by atoms with E-state index in [9.17, 15) is 4.39 Å². The van der Waals surface area contributed by atoms with Gasteiger partial charge in [0.1, 0.15) is 5.75 Å². The van der Waals surface area contributed by atoms with Crippen molar-refractivity contribution >= 4 is 5.69 Å². The molecule has 0 aromatic heterocycles. The van der Waals surface area contributed by atoms with Crippen molar-refractivity contribution in [2.75, 3.05) is 12.8 Å². The zero-order chi connectivity index (χ0) is 15.6. The molecule has 2 rings (SSSR count). The Bertz CT molecular complexity index is 648. The SMILES string of the molecule is COc1cc(Oc2cccc(C(C)(C)C)c2)c(N)cc1F. The highest BCUT2D eigenvalue weighted by Crippen LogP contribution is 2.34. The van der Waals surface area contributed by atoms with Crippen LogP contribution < -0.4 is 15.2 Å². The number of nitrogen functional groups attached to an aromatic ring is 1. The molecule has 0 radical (unpaired) electrons. The minimum atomic E-state index is -0.509. The normalized spacial score (nSPS) is 11.3. The summed E-state index contributed by atoms with van der Waals surface area (Å²) < 4.78 is 24.2. The highest BCUT2D eigenvalue weighted by Gasteiger charge is 2.15. The maximum Gasteiger partial charge on any atom is 0.167 e. The lowest BCUT2D eigenvalue weighted by Crippen LogP contribution is -2.10. The largest absolute Gasteiger partial charge is 0.494 e. The molecule has 0 aliphatic carbocycles. The van der Waals surface area contributed by atoms with Gasteiger partial charge in [0.2, 0.25) is 0 Å². The highest BCUT2D eigenvalue weighted by molar-refractivity contribution is 5.57. The Morgan fingerprint density at radius 3 is 2.38 bits per heavy atom. The average molecular weight is 289 g/mol. The molecule has 21 heavy (non-hydrogen) atoms. The Balaban J connectivity index is 2.34. The van der Waals surface area contributed by atoms with Crippen molar-refractivity contribution in [2.45, 2.75) is 26.2 Å². The van der Waals surface area contributed by atoms with Crippen LogP contribution in [0, 0.1) is 5.82 Å². The van der Waals surface area contributed by atoms with Crippen molar-refractivity contribution < 1.29 is 13.9 Å². The quantitative estimate of drug-likeness (QED) is 0.846. The number of methoxy groups -OCH3 is 1. The number of nitrogens with two attached hydrogens (primary N) is 1. The molecule has 0 saturated carbocycles. The molecule has 2 N–H and O–H groups in total. The number of ether oxygens (including phenoxy) is 2. The van der Waals surface area contributed by atoms with Crippen molar-refractivity contribution in [2.24, 2.45) is 0 Å². The van der Waals surface area contributed by atoms with E-state index in [1.165, 1.54) is 19.2 Å². The first-order valence-electron chi connectivity index (χ1n) is 6.72. The fraction of sp³-hybridized carbons (Fsp3) is 0.294. The van der Waals surface area contributed by atoms with Crippen molar-refractivity contribution in [1.82, 2.24) is 0 Å². The summed E-state index contributed by atoms with van der Waals surface area (Å²) in [5, 5.41) is 0. The topological polar surface area (TPSA) is 44.5 Å². The van der Waals surface area contributed by atoms with Gasteiger partial charge < -0.3 is 15.2 Å². The second-order valence-electron chi connectivity index (χ2n) is 5.90. The van der Waals surface area contributed by atoms with Crippen LogP contribution in [0.1, 0.15) is 26.3 Å². The third-order valence-corrected chi connectivity index (χ3v) is 3.21. The van der Waals surface area contributed by atoms with E-state index in [0.29, 0.717) is 11.5 Å². The fourth-order valence-corrected chi connectivity index (χ4v) is 1.95. The van der Waals surface area contributed by atoms with Crippen molar-refractivity contribution in [3.63, 3.8) is 0 Å². The first-order valence-corrected chi connectivity index (χ1v) is 6.72. The van der Waals surface area contributed by atoms with Crippen LogP contribution in [0.3, 0.4) is 0 Å². The lowest BCUT2D eigenvalue weighted by molar-refractivity contribution is 0.382. The molecule has 2 aromatic rings. The van der Waals surface area contributed by atoms with Gasteiger partial charge in [0.25, 0.3) is 0 Å². The van der Waals surface area contributed by atoms with Crippen LogP contribution in [0.2, 0.25) is 0 Å². The van der Waals surface area contributed by atoms with E-state index in [4.69, 9.17) is 15.2 Å². The summed E-state index contributed by atoms with van der Waals surface area (Å²) in [7, 11) is 1.40. The third-order valence-electron chi connectivity index (χ3n) is 3.21. The lowest BCUT2D eigenvalue weighted by atomic mass is 9.87. The van der Waals surface area contributed by atoms with Crippen molar-refractivity contribution in [3.8, 4) is 17.2 Å². The number of hydrogen-bond donors (Lipinski definition) is 1. The maximum absolute atomic E-state index is 13.5. The second kappa shape index (κ2) is 5.64. The Kier molecular flexibility index (Phi) is 4.07. The molecule has 0 atom stereocenters. The minimum Gasteiger partial charge on any atom is -0.494 e. The standard InChI is InChI=1S/C17H20FNO2/c1-17(2,3)11-6-5-7-12(8-11)21-16-10-15(20-4)13(18)9-14(16)19/h5-10H,19H2,1-4H3. The first-order chi connectivity index (χ1) is 9.81. The lowest BCUT2D eigenvalue weighted by Gasteiger charge is -2.20. The van der Waals surface area contributed by atoms with Crippen LogP contribution >= 0.6 is 0 Å². The molecular weight excluding hydrogens is 269 g/mol. The Morgan fingerprint density at radius 2 is 1.76 bits per heavy atom. The van der Waals surface area contributed by atoms with E-state index in [0.717, 1.165) is 5.56 Å². The number of rotatable bonds is 3. The molecule has 0 spiro atoms. The molecule has 0 saturated heterocycles. The molecule has 0 unspecified atom stereocenters. The van der Waals surface area contributed by atoms with Gasteiger partial charge in [0, 0.05) is 12.1 Å². The van der Waals surface area contributed by atoms with Gasteiger partial charge in [0.05, 0.1) is 12.8 Å². The van der Waals surface area contributed by atoms with E-state index >= 15 is 0 Å². The van der Waals surface area contributed by atoms with Gasteiger partial charge in [-0.1, -0.05) is 32.9 Å². The molecule has 4 heteroatoms. The molecular formula is C17H20FNO2. The molecule has 112 valence electrons. The molecule has 0 amide bonds. The van der Waals surface area contributed by atoms with Crippen LogP contribution in [0.25, 0.3) is 0 Å². The number of anilines is 1. The average Bonchev–Trinajstić information content (AvgIpc) is 2.41. The maximum atomic E-state index is 13.5. The van der Waals surface area contributed by atoms with Crippen LogP contribution in [0.4, 0.5) is 10.1 Å². The minimum absolute atomic E-state index is 0.0192. The van der Waals surface area contributed by atoms with Gasteiger partial charge in [-0.15, -0.1) is 0 Å². The first kappa shape index (κ1) is 15.2. The van der Waals surface area contributed by atoms with Crippen LogP contribution in [-0.4, -0.2) is 7.11 Å². The molecule has 3 nitrogen and oxygen atoms in total. The van der Waals surface area contributed by atoms with Gasteiger partial charge in [-0.2, -0.15) is 0 Å². The molecule has 0 fully saturated rings. The van der Waals surface area contributed by atoms with E-state index in [2.05, 4.69) is 20.8 Å². The second-order valence-corrected chi connectivity index (χ2v) is 5.90. The van der Waals surface area contributed by atoms with Crippen molar-refractivity contribution in [3.05, 3.63) is 47.8 Å². The highest BCUT2D eigenvalue weighted by atomic mass is 19.1. The number of hydrogen-bond acceptors (Lipinski definition) is 3. The summed E-state index contributed by atoms with van der Waals surface area (Å²) >= 11 is 0. The van der Waals surface area contributed by atoms with Crippen LogP contribution in [-0.2, 0) is 5.41 Å². The van der Waals surface area contributed by atoms with Gasteiger partial charge in [0.15, 0.2) is 17.3 Å². The van der Waals surface area contributed by atoms with E-state index < -0.39 is 5.82 Å². The monoisotopic (exact) mass is 289 g/mol. The van der Waals surface area contributed by atoms with Crippen LogP contribution in [0.5, 0.6) is 17.2 Å². The molecule has 0 aliphatic heterocycles. The smallest absolute Gasteiger partial charge is 0.167 e. The molecule has 0 heterocycles. The molecule has 0 aliphatic rings. The Morgan fingerprint density at radius 1 is 1.05 bits per heavy atom. The van der Waals surface area contributed by atoms with Gasteiger partial charge in [-0.3, -0.25) is 0 Å². The summed E-state index contributed by atoms with van der Waals surface area (Å²) in [4.78, 5) is 0. The zero-order valence-electron chi connectivity index (χ0n) is 12.7. The fourth-order valence-electron chi connectivity index (χ4n) is 1.95. The Labute approximate surface area is 124 Å². The number of halogens is 1. The van der Waals surface area contributed by atoms with Gasteiger partial charge >= 0.3 is 0 Å². The van der Waals surface area contributed by atoms with Crippen LogP contribution in [0.15, 0.2) is 36.4 Å². The summed E-state index contributed by atoms with van der Waals surface area (Å²) in [5.41, 5.74) is 7.19. The third kappa shape index (κ3) is 3.45. The predicted molar refractivity (Wildman–Crippen MR) is 82.6 cm³/mol. The van der Waals surface area contributed by atoms with Crippen molar-refractivity contribution in [1.29, 1.82) is 0 Å². The predicted octanol–water partition coefficient (Wildman–Crippen LogP) is 4.51.